The van der Waals surface area contributed by atoms with E-state index in [0.29, 0.717) is 29.6 Å². The van der Waals surface area contributed by atoms with Crippen molar-refractivity contribution in [1.82, 2.24) is 10.1 Å². The molecule has 0 aliphatic heterocycles. The number of rotatable bonds is 5. The number of aryl methyl sites for hydroxylation is 1. The van der Waals surface area contributed by atoms with Crippen LogP contribution in [0.4, 0.5) is 0 Å². The lowest BCUT2D eigenvalue weighted by atomic mass is 10.1. The fraction of sp³-hybridized carbons (Fsp3) is 0.286. The summed E-state index contributed by atoms with van der Waals surface area (Å²) in [5, 5.41) is 13.6. The number of benzene rings is 1. The van der Waals surface area contributed by atoms with Crippen molar-refractivity contribution >= 4 is 17.6 Å². The summed E-state index contributed by atoms with van der Waals surface area (Å²) in [6.07, 6.45) is 0. The summed E-state index contributed by atoms with van der Waals surface area (Å²) in [5.74, 6) is -0.689. The first-order valence-electron chi connectivity index (χ1n) is 6.09. The smallest absolute Gasteiger partial charge is 0.341 e. The molecule has 5 nitrogen and oxygen atoms in total. The van der Waals surface area contributed by atoms with E-state index >= 15 is 0 Å². The molecule has 0 atom stereocenters. The zero-order valence-corrected chi connectivity index (χ0v) is 12.0. The van der Waals surface area contributed by atoms with E-state index in [-0.39, 0.29) is 5.56 Å². The molecule has 0 aliphatic rings. The van der Waals surface area contributed by atoms with Crippen molar-refractivity contribution in [3.63, 3.8) is 0 Å². The maximum absolute atomic E-state index is 11.1. The van der Waals surface area contributed by atoms with Gasteiger partial charge < -0.3 is 9.63 Å². The SMILES string of the molecule is Cc1onc(CN(C)Cc2ccc(Cl)cc2)c1C(=O)O. The molecule has 1 heterocycles. The lowest BCUT2D eigenvalue weighted by Gasteiger charge is -2.15. The molecular formula is C14H15ClN2O3. The van der Waals surface area contributed by atoms with E-state index in [9.17, 15) is 4.79 Å². The van der Waals surface area contributed by atoms with Gasteiger partial charge in [-0.3, -0.25) is 4.90 Å². The zero-order valence-electron chi connectivity index (χ0n) is 11.3. The maximum atomic E-state index is 11.1. The molecule has 2 aromatic rings. The third kappa shape index (κ3) is 3.37. The topological polar surface area (TPSA) is 66.6 Å². The fourth-order valence-corrected chi connectivity index (χ4v) is 2.14. The van der Waals surface area contributed by atoms with Gasteiger partial charge in [0.25, 0.3) is 0 Å². The second-order valence-electron chi connectivity index (χ2n) is 4.66. The Balaban J connectivity index is 2.06. The molecule has 0 saturated carbocycles. The molecule has 6 heteroatoms. The standard InChI is InChI=1S/C14H15ClN2O3/c1-9-13(14(18)19)12(16-20-9)8-17(2)7-10-3-5-11(15)6-4-10/h3-6H,7-8H2,1-2H3,(H,18,19). The number of hydrogen-bond donors (Lipinski definition) is 1. The molecule has 0 aliphatic carbocycles. The summed E-state index contributed by atoms with van der Waals surface area (Å²) in [6.45, 7) is 2.67. The van der Waals surface area contributed by atoms with Crippen molar-refractivity contribution in [2.45, 2.75) is 20.0 Å². The Morgan fingerprint density at radius 3 is 2.60 bits per heavy atom. The van der Waals surface area contributed by atoms with Crippen LogP contribution in [0.3, 0.4) is 0 Å². The van der Waals surface area contributed by atoms with E-state index in [1.807, 2.05) is 36.2 Å². The molecule has 0 radical (unpaired) electrons. The Morgan fingerprint density at radius 1 is 1.35 bits per heavy atom. The van der Waals surface area contributed by atoms with E-state index in [1.165, 1.54) is 0 Å². The first kappa shape index (κ1) is 14.6. The number of nitrogens with zero attached hydrogens (tertiary/aromatic N) is 2. The monoisotopic (exact) mass is 294 g/mol. The number of halogens is 1. The highest BCUT2D eigenvalue weighted by Crippen LogP contribution is 2.16. The highest BCUT2D eigenvalue weighted by molar-refractivity contribution is 6.30. The second-order valence-corrected chi connectivity index (χ2v) is 5.10. The predicted molar refractivity (Wildman–Crippen MR) is 74.8 cm³/mol. The Labute approximate surface area is 121 Å². The summed E-state index contributed by atoms with van der Waals surface area (Å²) >= 11 is 5.84. The number of aromatic nitrogens is 1. The molecule has 0 bridgehead atoms. The third-order valence-corrected chi connectivity index (χ3v) is 3.18. The molecule has 0 fully saturated rings. The van der Waals surface area contributed by atoms with Crippen LogP contribution >= 0.6 is 11.6 Å². The van der Waals surface area contributed by atoms with Crippen molar-refractivity contribution in [1.29, 1.82) is 0 Å². The predicted octanol–water partition coefficient (Wildman–Crippen LogP) is 2.97. The highest BCUT2D eigenvalue weighted by Gasteiger charge is 2.20. The Hall–Kier alpha value is -1.85. The third-order valence-electron chi connectivity index (χ3n) is 2.93. The lowest BCUT2D eigenvalue weighted by Crippen LogP contribution is -2.19. The Bertz CT molecular complexity index is 607. The normalized spacial score (nSPS) is 11.0. The number of carboxylic acids is 1. The minimum absolute atomic E-state index is 0.146. The maximum Gasteiger partial charge on any atom is 0.341 e. The fourth-order valence-electron chi connectivity index (χ4n) is 2.01. The number of aromatic carboxylic acids is 1. The summed E-state index contributed by atoms with van der Waals surface area (Å²) < 4.78 is 4.95. The van der Waals surface area contributed by atoms with E-state index in [2.05, 4.69) is 5.16 Å². The van der Waals surface area contributed by atoms with Crippen molar-refractivity contribution in [2.75, 3.05) is 7.05 Å². The number of hydrogen-bond acceptors (Lipinski definition) is 4. The molecule has 20 heavy (non-hydrogen) atoms. The Kier molecular flexibility index (Phi) is 4.42. The Morgan fingerprint density at radius 2 is 2.00 bits per heavy atom. The average molecular weight is 295 g/mol. The van der Waals surface area contributed by atoms with Crippen LogP contribution in [0.15, 0.2) is 28.8 Å². The van der Waals surface area contributed by atoms with Crippen molar-refractivity contribution in [3.8, 4) is 0 Å². The van der Waals surface area contributed by atoms with Crippen molar-refractivity contribution in [2.24, 2.45) is 0 Å². The summed E-state index contributed by atoms with van der Waals surface area (Å²) in [6, 6.07) is 7.53. The van der Waals surface area contributed by atoms with Gasteiger partial charge in [0.1, 0.15) is 17.0 Å². The van der Waals surface area contributed by atoms with E-state index in [0.717, 1.165) is 5.56 Å². The van der Waals surface area contributed by atoms with E-state index in [1.54, 1.807) is 6.92 Å². The van der Waals surface area contributed by atoms with Gasteiger partial charge in [0.2, 0.25) is 0 Å². The van der Waals surface area contributed by atoms with Gasteiger partial charge in [-0.25, -0.2) is 4.79 Å². The summed E-state index contributed by atoms with van der Waals surface area (Å²) in [7, 11) is 1.89. The van der Waals surface area contributed by atoms with Crippen LogP contribution in [-0.2, 0) is 13.1 Å². The second kappa shape index (κ2) is 6.07. The molecule has 2 rings (SSSR count). The quantitative estimate of drug-likeness (QED) is 0.918. The molecule has 0 amide bonds. The molecule has 106 valence electrons. The average Bonchev–Trinajstić information content (AvgIpc) is 2.73. The van der Waals surface area contributed by atoms with Crippen LogP contribution in [0.2, 0.25) is 5.02 Å². The molecule has 1 aromatic heterocycles. The van der Waals surface area contributed by atoms with Gasteiger partial charge in [-0.05, 0) is 31.7 Å². The van der Waals surface area contributed by atoms with Crippen molar-refractivity contribution in [3.05, 3.63) is 51.9 Å². The van der Waals surface area contributed by atoms with Gasteiger partial charge in [-0.15, -0.1) is 0 Å². The van der Waals surface area contributed by atoms with E-state index in [4.69, 9.17) is 21.2 Å². The van der Waals surface area contributed by atoms with Crippen LogP contribution in [0, 0.1) is 6.92 Å². The molecular weight excluding hydrogens is 280 g/mol. The van der Waals surface area contributed by atoms with Crippen LogP contribution < -0.4 is 0 Å². The van der Waals surface area contributed by atoms with Crippen LogP contribution in [0.1, 0.15) is 27.4 Å². The van der Waals surface area contributed by atoms with Crippen molar-refractivity contribution < 1.29 is 14.4 Å². The molecule has 1 N–H and O–H groups in total. The number of carbonyl (C=O) groups is 1. The first-order chi connectivity index (χ1) is 9.47. The van der Waals surface area contributed by atoms with Gasteiger partial charge in [-0.1, -0.05) is 28.9 Å². The summed E-state index contributed by atoms with van der Waals surface area (Å²) in [4.78, 5) is 13.1. The minimum atomic E-state index is -1.02. The van der Waals surface area contributed by atoms with Crippen LogP contribution in [0.25, 0.3) is 0 Å². The molecule has 1 aromatic carbocycles. The molecule has 0 unspecified atom stereocenters. The van der Waals surface area contributed by atoms with Crippen LogP contribution in [0.5, 0.6) is 0 Å². The largest absolute Gasteiger partial charge is 0.477 e. The first-order valence-corrected chi connectivity index (χ1v) is 6.46. The summed E-state index contributed by atoms with van der Waals surface area (Å²) in [5.41, 5.74) is 1.67. The van der Waals surface area contributed by atoms with Gasteiger partial charge >= 0.3 is 5.97 Å². The van der Waals surface area contributed by atoms with E-state index < -0.39 is 5.97 Å². The highest BCUT2D eigenvalue weighted by atomic mass is 35.5. The van der Waals surface area contributed by atoms with Crippen LogP contribution in [-0.4, -0.2) is 28.2 Å². The van der Waals surface area contributed by atoms with Gasteiger partial charge in [0, 0.05) is 18.1 Å². The van der Waals surface area contributed by atoms with Gasteiger partial charge in [0.05, 0.1) is 0 Å². The zero-order chi connectivity index (χ0) is 14.7. The van der Waals surface area contributed by atoms with Gasteiger partial charge in [-0.2, -0.15) is 0 Å². The molecule has 0 saturated heterocycles. The lowest BCUT2D eigenvalue weighted by molar-refractivity contribution is 0.0693. The van der Waals surface area contributed by atoms with Gasteiger partial charge in [0.15, 0.2) is 0 Å². The number of carboxylic acid groups (broad SMARTS) is 1. The molecule has 0 spiro atoms. The minimum Gasteiger partial charge on any atom is -0.477 e.